The molecule has 2 rings (SSSR count). The molecule has 1 amide bonds. The number of rotatable bonds is 3. The molecule has 86 valence electrons. The third kappa shape index (κ3) is 2.54. The SMILES string of the molecule is CC(NC(=O)C1CC1N)c1ccc(Cl)cc1. The fraction of sp³-hybridized carbons (Fsp3) is 0.417. The smallest absolute Gasteiger partial charge is 0.225 e. The molecule has 3 unspecified atom stereocenters. The molecule has 1 aliphatic carbocycles. The number of nitrogens with one attached hydrogen (secondary N) is 1. The van der Waals surface area contributed by atoms with Gasteiger partial charge in [-0.1, -0.05) is 23.7 Å². The van der Waals surface area contributed by atoms with Gasteiger partial charge in [0.25, 0.3) is 0 Å². The minimum absolute atomic E-state index is 0.00225. The number of benzene rings is 1. The molecule has 3 atom stereocenters. The summed E-state index contributed by atoms with van der Waals surface area (Å²) in [6, 6.07) is 7.53. The van der Waals surface area contributed by atoms with E-state index in [0.717, 1.165) is 12.0 Å². The van der Waals surface area contributed by atoms with Gasteiger partial charge in [-0.15, -0.1) is 0 Å². The summed E-state index contributed by atoms with van der Waals surface area (Å²) in [6.45, 7) is 1.95. The van der Waals surface area contributed by atoms with Crippen LogP contribution in [-0.4, -0.2) is 11.9 Å². The molecule has 4 heteroatoms. The molecule has 3 nitrogen and oxygen atoms in total. The fourth-order valence-electron chi connectivity index (χ4n) is 1.67. The first-order valence-corrected chi connectivity index (χ1v) is 5.77. The van der Waals surface area contributed by atoms with Crippen molar-refractivity contribution in [1.29, 1.82) is 0 Å². The zero-order valence-electron chi connectivity index (χ0n) is 9.11. The number of amides is 1. The van der Waals surface area contributed by atoms with E-state index in [0.29, 0.717) is 5.02 Å². The predicted octanol–water partition coefficient (Wildman–Crippen LogP) is 1.86. The van der Waals surface area contributed by atoms with Crippen LogP contribution >= 0.6 is 11.6 Å². The number of carbonyl (C=O) groups excluding carboxylic acids is 1. The molecular weight excluding hydrogens is 224 g/mol. The molecule has 0 bridgehead atoms. The van der Waals surface area contributed by atoms with Crippen LogP contribution in [-0.2, 0) is 4.79 Å². The average Bonchev–Trinajstić information content (AvgIpc) is 2.96. The third-order valence-electron chi connectivity index (χ3n) is 2.91. The number of hydrogen-bond donors (Lipinski definition) is 2. The number of hydrogen-bond acceptors (Lipinski definition) is 2. The summed E-state index contributed by atoms with van der Waals surface area (Å²) in [5.74, 6) is 0.0599. The molecule has 0 radical (unpaired) electrons. The second-order valence-electron chi connectivity index (χ2n) is 4.29. The Labute approximate surface area is 100.0 Å². The lowest BCUT2D eigenvalue weighted by Gasteiger charge is -2.14. The summed E-state index contributed by atoms with van der Waals surface area (Å²) in [4.78, 5) is 11.6. The van der Waals surface area contributed by atoms with E-state index in [9.17, 15) is 4.79 Å². The maximum absolute atomic E-state index is 11.6. The lowest BCUT2D eigenvalue weighted by molar-refractivity contribution is -0.123. The molecular formula is C12H15ClN2O. The summed E-state index contributed by atoms with van der Waals surface area (Å²) < 4.78 is 0. The highest BCUT2D eigenvalue weighted by molar-refractivity contribution is 6.30. The second-order valence-corrected chi connectivity index (χ2v) is 4.72. The Balaban J connectivity index is 1.94. The van der Waals surface area contributed by atoms with Crippen LogP contribution < -0.4 is 11.1 Å². The van der Waals surface area contributed by atoms with Gasteiger partial charge in [-0.2, -0.15) is 0 Å². The molecule has 0 aliphatic heterocycles. The van der Waals surface area contributed by atoms with Crippen LogP contribution in [0, 0.1) is 5.92 Å². The van der Waals surface area contributed by atoms with E-state index in [-0.39, 0.29) is 23.9 Å². The van der Waals surface area contributed by atoms with Crippen LogP contribution in [0.5, 0.6) is 0 Å². The summed E-state index contributed by atoms with van der Waals surface area (Å²) in [5.41, 5.74) is 6.67. The molecule has 1 aromatic carbocycles. The van der Waals surface area contributed by atoms with Gasteiger partial charge in [0.2, 0.25) is 5.91 Å². The highest BCUT2D eigenvalue weighted by Crippen LogP contribution is 2.28. The van der Waals surface area contributed by atoms with Crippen molar-refractivity contribution in [2.75, 3.05) is 0 Å². The van der Waals surface area contributed by atoms with Crippen molar-refractivity contribution >= 4 is 17.5 Å². The van der Waals surface area contributed by atoms with Gasteiger partial charge in [0.05, 0.1) is 12.0 Å². The lowest BCUT2D eigenvalue weighted by atomic mass is 10.1. The van der Waals surface area contributed by atoms with Crippen LogP contribution in [0.25, 0.3) is 0 Å². The molecule has 0 saturated heterocycles. The summed E-state index contributed by atoms with van der Waals surface area (Å²) >= 11 is 5.80. The van der Waals surface area contributed by atoms with Crippen molar-refractivity contribution < 1.29 is 4.79 Å². The van der Waals surface area contributed by atoms with E-state index in [1.165, 1.54) is 0 Å². The molecule has 1 aliphatic rings. The van der Waals surface area contributed by atoms with Gasteiger partial charge >= 0.3 is 0 Å². The van der Waals surface area contributed by atoms with Crippen LogP contribution in [0.3, 0.4) is 0 Å². The van der Waals surface area contributed by atoms with Crippen LogP contribution in [0.15, 0.2) is 24.3 Å². The van der Waals surface area contributed by atoms with Crippen molar-refractivity contribution in [3.8, 4) is 0 Å². The lowest BCUT2D eigenvalue weighted by Crippen LogP contribution is -2.29. The van der Waals surface area contributed by atoms with Crippen LogP contribution in [0.4, 0.5) is 0 Å². The molecule has 0 spiro atoms. The standard InChI is InChI=1S/C12H15ClN2O/c1-7(8-2-4-9(13)5-3-8)15-12(16)10-6-11(10)14/h2-5,7,10-11H,6,14H2,1H3,(H,15,16). The van der Waals surface area contributed by atoms with E-state index < -0.39 is 0 Å². The molecule has 0 aromatic heterocycles. The molecule has 16 heavy (non-hydrogen) atoms. The van der Waals surface area contributed by atoms with E-state index in [1.807, 2.05) is 31.2 Å². The third-order valence-corrected chi connectivity index (χ3v) is 3.16. The van der Waals surface area contributed by atoms with Gasteiger partial charge in [0.1, 0.15) is 0 Å². The number of halogens is 1. The Morgan fingerprint density at radius 3 is 2.56 bits per heavy atom. The van der Waals surface area contributed by atoms with Crippen molar-refractivity contribution in [3.05, 3.63) is 34.9 Å². The highest BCUT2D eigenvalue weighted by atomic mass is 35.5. The molecule has 0 heterocycles. The topological polar surface area (TPSA) is 55.1 Å². The first-order valence-electron chi connectivity index (χ1n) is 5.39. The average molecular weight is 239 g/mol. The molecule has 1 fully saturated rings. The monoisotopic (exact) mass is 238 g/mol. The predicted molar refractivity (Wildman–Crippen MR) is 64.1 cm³/mol. The zero-order chi connectivity index (χ0) is 11.7. The second kappa shape index (κ2) is 4.44. The molecule has 3 N–H and O–H groups in total. The van der Waals surface area contributed by atoms with Crippen LogP contribution in [0.2, 0.25) is 5.02 Å². The summed E-state index contributed by atoms with van der Waals surface area (Å²) in [6.07, 6.45) is 0.805. The minimum atomic E-state index is -0.00225. The Morgan fingerprint density at radius 2 is 2.06 bits per heavy atom. The van der Waals surface area contributed by atoms with Gasteiger partial charge in [-0.3, -0.25) is 4.79 Å². The maximum atomic E-state index is 11.6. The van der Waals surface area contributed by atoms with Gasteiger partial charge in [0.15, 0.2) is 0 Å². The summed E-state index contributed by atoms with van der Waals surface area (Å²) in [7, 11) is 0. The molecule has 1 saturated carbocycles. The first kappa shape index (κ1) is 11.4. The van der Waals surface area contributed by atoms with Crippen molar-refractivity contribution in [1.82, 2.24) is 5.32 Å². The van der Waals surface area contributed by atoms with E-state index in [1.54, 1.807) is 0 Å². The first-order chi connectivity index (χ1) is 7.58. The van der Waals surface area contributed by atoms with Gasteiger partial charge in [-0.25, -0.2) is 0 Å². The quantitative estimate of drug-likeness (QED) is 0.845. The highest BCUT2D eigenvalue weighted by Gasteiger charge is 2.40. The van der Waals surface area contributed by atoms with E-state index in [2.05, 4.69) is 5.32 Å². The fourth-order valence-corrected chi connectivity index (χ4v) is 1.80. The Morgan fingerprint density at radius 1 is 1.50 bits per heavy atom. The van der Waals surface area contributed by atoms with Gasteiger partial charge < -0.3 is 11.1 Å². The van der Waals surface area contributed by atoms with Crippen LogP contribution in [0.1, 0.15) is 24.9 Å². The maximum Gasteiger partial charge on any atom is 0.225 e. The van der Waals surface area contributed by atoms with Gasteiger partial charge in [-0.05, 0) is 31.0 Å². The largest absolute Gasteiger partial charge is 0.349 e. The van der Waals surface area contributed by atoms with Crippen molar-refractivity contribution in [3.63, 3.8) is 0 Å². The zero-order valence-corrected chi connectivity index (χ0v) is 9.87. The Kier molecular flexibility index (Phi) is 3.17. The van der Waals surface area contributed by atoms with Gasteiger partial charge in [0, 0.05) is 11.1 Å². The van der Waals surface area contributed by atoms with E-state index >= 15 is 0 Å². The Hall–Kier alpha value is -1.06. The Bertz CT molecular complexity index is 391. The van der Waals surface area contributed by atoms with E-state index in [4.69, 9.17) is 17.3 Å². The minimum Gasteiger partial charge on any atom is -0.349 e. The number of nitrogens with two attached hydrogens (primary N) is 1. The molecule has 1 aromatic rings. The summed E-state index contributed by atoms with van der Waals surface area (Å²) in [5, 5.41) is 3.65. The van der Waals surface area contributed by atoms with Crippen molar-refractivity contribution in [2.45, 2.75) is 25.4 Å². The normalized spacial score (nSPS) is 24.9. The number of carbonyl (C=O) groups is 1. The van der Waals surface area contributed by atoms with Crippen molar-refractivity contribution in [2.24, 2.45) is 11.7 Å².